The second-order valence-electron chi connectivity index (χ2n) is 7.21. The molecule has 2 aliphatic carbocycles. The zero-order valence-electron chi connectivity index (χ0n) is 14.2. The molecule has 1 N–H and O–H groups in total. The van der Waals surface area contributed by atoms with Crippen LogP contribution in [0.3, 0.4) is 0 Å². The molecule has 2 aliphatic rings. The first-order valence-corrected chi connectivity index (χ1v) is 9.24. The molecule has 0 bridgehead atoms. The molecule has 0 radical (unpaired) electrons. The Balaban J connectivity index is 1.78. The third-order valence-corrected chi connectivity index (χ3v) is 6.10. The summed E-state index contributed by atoms with van der Waals surface area (Å²) < 4.78 is 5.45. The van der Waals surface area contributed by atoms with E-state index >= 15 is 0 Å². The SMILES string of the molecule is Cc1noc(-c2c(NC(=O)C3=CCCC3)sc3c2C(C)(C)CC3)n1. The molecular weight excluding hydrogens is 322 g/mol. The molecule has 6 heteroatoms. The summed E-state index contributed by atoms with van der Waals surface area (Å²) in [7, 11) is 0. The highest BCUT2D eigenvalue weighted by molar-refractivity contribution is 7.17. The lowest BCUT2D eigenvalue weighted by atomic mass is 9.85. The molecule has 2 heterocycles. The van der Waals surface area contributed by atoms with Gasteiger partial charge in [-0.15, -0.1) is 11.3 Å². The normalized spacial score (nSPS) is 18.5. The van der Waals surface area contributed by atoms with E-state index in [-0.39, 0.29) is 11.3 Å². The molecule has 2 aromatic heterocycles. The maximum Gasteiger partial charge on any atom is 0.261 e. The molecule has 2 aromatic rings. The molecule has 0 atom stereocenters. The van der Waals surface area contributed by atoms with E-state index in [0.29, 0.717) is 11.7 Å². The Morgan fingerprint density at radius 2 is 2.21 bits per heavy atom. The van der Waals surface area contributed by atoms with Crippen LogP contribution < -0.4 is 5.32 Å². The van der Waals surface area contributed by atoms with Gasteiger partial charge >= 0.3 is 0 Å². The number of aromatic nitrogens is 2. The largest absolute Gasteiger partial charge is 0.334 e. The van der Waals surface area contributed by atoms with Crippen LogP contribution in [0.4, 0.5) is 5.00 Å². The lowest BCUT2D eigenvalue weighted by Crippen LogP contribution is -2.15. The highest BCUT2D eigenvalue weighted by Gasteiger charge is 2.38. The standard InChI is InChI=1S/C18H21N3O2S/c1-10-19-16(23-21-10)13-14-12(8-9-18(14,2)3)24-17(13)20-15(22)11-6-4-5-7-11/h6H,4-5,7-9H2,1-3H3,(H,20,22). The van der Waals surface area contributed by atoms with Crippen LogP contribution in [-0.2, 0) is 16.6 Å². The number of nitrogens with one attached hydrogen (secondary N) is 1. The monoisotopic (exact) mass is 343 g/mol. The predicted molar refractivity (Wildman–Crippen MR) is 94.3 cm³/mol. The zero-order valence-corrected chi connectivity index (χ0v) is 15.0. The number of thiophene rings is 1. The molecule has 1 amide bonds. The number of carbonyl (C=O) groups excluding carboxylic acids is 1. The van der Waals surface area contributed by atoms with Crippen molar-refractivity contribution < 1.29 is 9.32 Å². The number of amides is 1. The number of rotatable bonds is 3. The van der Waals surface area contributed by atoms with Gasteiger partial charge < -0.3 is 9.84 Å². The Morgan fingerprint density at radius 3 is 2.88 bits per heavy atom. The predicted octanol–water partition coefficient (Wildman–Crippen LogP) is 4.38. The lowest BCUT2D eigenvalue weighted by molar-refractivity contribution is -0.112. The summed E-state index contributed by atoms with van der Waals surface area (Å²) in [5, 5.41) is 7.89. The number of aryl methyl sites for hydroxylation is 2. The van der Waals surface area contributed by atoms with E-state index in [1.807, 2.05) is 13.0 Å². The van der Waals surface area contributed by atoms with Crippen LogP contribution in [0, 0.1) is 6.92 Å². The second kappa shape index (κ2) is 5.55. The van der Waals surface area contributed by atoms with Crippen molar-refractivity contribution in [1.29, 1.82) is 0 Å². The van der Waals surface area contributed by atoms with E-state index in [0.717, 1.165) is 48.2 Å². The molecule has 5 nitrogen and oxygen atoms in total. The number of anilines is 1. The summed E-state index contributed by atoms with van der Waals surface area (Å²) in [6, 6.07) is 0. The van der Waals surface area contributed by atoms with Crippen molar-refractivity contribution in [1.82, 2.24) is 10.1 Å². The number of carbonyl (C=O) groups is 1. The zero-order chi connectivity index (χ0) is 16.9. The van der Waals surface area contributed by atoms with Gasteiger partial charge in [0.15, 0.2) is 5.82 Å². The number of hydrogen-bond acceptors (Lipinski definition) is 5. The Kier molecular flexibility index (Phi) is 3.60. The molecule has 0 saturated heterocycles. The Morgan fingerprint density at radius 1 is 1.38 bits per heavy atom. The number of hydrogen-bond donors (Lipinski definition) is 1. The van der Waals surface area contributed by atoms with Crippen molar-refractivity contribution in [2.75, 3.05) is 5.32 Å². The van der Waals surface area contributed by atoms with Crippen molar-refractivity contribution in [2.24, 2.45) is 0 Å². The van der Waals surface area contributed by atoms with Crippen LogP contribution in [-0.4, -0.2) is 16.0 Å². The number of fused-ring (bicyclic) bond motifs is 1. The van der Waals surface area contributed by atoms with Gasteiger partial charge in [0, 0.05) is 10.5 Å². The maximum atomic E-state index is 12.6. The first-order chi connectivity index (χ1) is 11.5. The molecule has 0 spiro atoms. The smallest absolute Gasteiger partial charge is 0.261 e. The van der Waals surface area contributed by atoms with Crippen molar-refractivity contribution >= 4 is 22.2 Å². The van der Waals surface area contributed by atoms with Gasteiger partial charge in [-0.2, -0.15) is 4.98 Å². The highest BCUT2D eigenvalue weighted by Crippen LogP contribution is 2.52. The highest BCUT2D eigenvalue weighted by atomic mass is 32.1. The van der Waals surface area contributed by atoms with E-state index in [1.165, 1.54) is 10.4 Å². The molecule has 0 aromatic carbocycles. The van der Waals surface area contributed by atoms with Gasteiger partial charge in [0.2, 0.25) is 0 Å². The molecule has 0 unspecified atom stereocenters. The minimum atomic E-state index is 0.00252. The topological polar surface area (TPSA) is 68.0 Å². The van der Waals surface area contributed by atoms with Crippen LogP contribution in [0.2, 0.25) is 0 Å². The maximum absolute atomic E-state index is 12.6. The second-order valence-corrected chi connectivity index (χ2v) is 8.32. The van der Waals surface area contributed by atoms with E-state index in [9.17, 15) is 4.79 Å². The van der Waals surface area contributed by atoms with Gasteiger partial charge in [0.1, 0.15) is 5.00 Å². The molecule has 0 fully saturated rings. The first-order valence-electron chi connectivity index (χ1n) is 8.43. The minimum Gasteiger partial charge on any atom is -0.334 e. The van der Waals surface area contributed by atoms with Crippen LogP contribution in [0.1, 0.15) is 55.8 Å². The molecule has 24 heavy (non-hydrogen) atoms. The van der Waals surface area contributed by atoms with Crippen molar-refractivity contribution in [3.63, 3.8) is 0 Å². The average Bonchev–Trinajstić information content (AvgIpc) is 3.26. The van der Waals surface area contributed by atoms with E-state index in [4.69, 9.17) is 4.52 Å². The molecule has 126 valence electrons. The Hall–Kier alpha value is -1.95. The summed E-state index contributed by atoms with van der Waals surface area (Å²) in [5.74, 6) is 1.12. The van der Waals surface area contributed by atoms with E-state index in [1.54, 1.807) is 11.3 Å². The Labute approximate surface area is 145 Å². The minimum absolute atomic E-state index is 0.00252. The van der Waals surface area contributed by atoms with Gasteiger partial charge in [0.05, 0.1) is 5.56 Å². The molecule has 0 aliphatic heterocycles. The summed E-state index contributed by atoms with van der Waals surface area (Å²) in [6.45, 7) is 6.29. The third kappa shape index (κ3) is 2.49. The summed E-state index contributed by atoms with van der Waals surface area (Å²) in [4.78, 5) is 18.3. The van der Waals surface area contributed by atoms with Crippen LogP contribution in [0.5, 0.6) is 0 Å². The summed E-state index contributed by atoms with van der Waals surface area (Å²) in [5.41, 5.74) is 3.12. The van der Waals surface area contributed by atoms with E-state index < -0.39 is 0 Å². The molecular formula is C18H21N3O2S. The van der Waals surface area contributed by atoms with Gasteiger partial charge in [-0.05, 0) is 50.0 Å². The quantitative estimate of drug-likeness (QED) is 0.898. The number of allylic oxidation sites excluding steroid dienone is 1. The van der Waals surface area contributed by atoms with Crippen molar-refractivity contribution in [3.05, 3.63) is 27.9 Å². The van der Waals surface area contributed by atoms with Crippen LogP contribution in [0.15, 0.2) is 16.2 Å². The van der Waals surface area contributed by atoms with Crippen molar-refractivity contribution in [3.8, 4) is 11.5 Å². The Bertz CT molecular complexity index is 845. The molecule has 4 rings (SSSR count). The van der Waals surface area contributed by atoms with Crippen LogP contribution in [0.25, 0.3) is 11.5 Å². The van der Waals surface area contributed by atoms with Gasteiger partial charge in [0.25, 0.3) is 11.8 Å². The fourth-order valence-electron chi connectivity index (χ4n) is 3.67. The number of nitrogens with zero attached hydrogens (tertiary/aromatic N) is 2. The first kappa shape index (κ1) is 15.6. The third-order valence-electron chi connectivity index (χ3n) is 4.94. The van der Waals surface area contributed by atoms with E-state index in [2.05, 4.69) is 29.3 Å². The lowest BCUT2D eigenvalue weighted by Gasteiger charge is -2.19. The summed E-state index contributed by atoms with van der Waals surface area (Å²) in [6.07, 6.45) is 7.09. The van der Waals surface area contributed by atoms with Gasteiger partial charge in [-0.1, -0.05) is 25.1 Å². The summed E-state index contributed by atoms with van der Waals surface area (Å²) >= 11 is 1.66. The van der Waals surface area contributed by atoms with Crippen LogP contribution >= 0.6 is 11.3 Å². The average molecular weight is 343 g/mol. The fraction of sp³-hybridized carbons (Fsp3) is 0.500. The van der Waals surface area contributed by atoms with Gasteiger partial charge in [-0.25, -0.2) is 0 Å². The van der Waals surface area contributed by atoms with Crippen molar-refractivity contribution in [2.45, 2.75) is 58.3 Å². The fourth-order valence-corrected chi connectivity index (χ4v) is 5.04. The molecule has 0 saturated carbocycles. The van der Waals surface area contributed by atoms with Gasteiger partial charge in [-0.3, -0.25) is 4.79 Å².